The second kappa shape index (κ2) is 4.86. The van der Waals surface area contributed by atoms with Crippen LogP contribution in [0.15, 0.2) is 65.7 Å². The Morgan fingerprint density at radius 1 is 1.05 bits per heavy atom. The summed E-state index contributed by atoms with van der Waals surface area (Å²) in [5, 5.41) is 5.55. The Kier molecular flexibility index (Phi) is 2.86. The lowest BCUT2D eigenvalue weighted by atomic mass is 10.1. The average molecular weight is 290 g/mol. The van der Waals surface area contributed by atoms with Crippen molar-refractivity contribution in [2.24, 2.45) is 0 Å². The summed E-state index contributed by atoms with van der Waals surface area (Å²) in [6.07, 6.45) is 5.87. The summed E-state index contributed by atoms with van der Waals surface area (Å²) >= 11 is 1.73. The number of aryl methyl sites for hydroxylation is 1. The van der Waals surface area contributed by atoms with Crippen molar-refractivity contribution in [1.82, 2.24) is 9.55 Å². The van der Waals surface area contributed by atoms with Crippen molar-refractivity contribution >= 4 is 22.2 Å². The third-order valence-electron chi connectivity index (χ3n) is 3.82. The van der Waals surface area contributed by atoms with Gasteiger partial charge >= 0.3 is 0 Å². The highest BCUT2D eigenvalue weighted by molar-refractivity contribution is 7.08. The molecule has 0 saturated heterocycles. The zero-order valence-corrected chi connectivity index (χ0v) is 12.5. The van der Waals surface area contributed by atoms with Gasteiger partial charge in [0, 0.05) is 17.8 Å². The Balaban J connectivity index is 1.89. The van der Waals surface area contributed by atoms with Crippen molar-refractivity contribution in [3.63, 3.8) is 0 Å². The minimum Gasteiger partial charge on any atom is -0.315 e. The van der Waals surface area contributed by atoms with E-state index in [1.165, 1.54) is 27.6 Å². The van der Waals surface area contributed by atoms with Gasteiger partial charge < -0.3 is 4.57 Å². The molecule has 0 saturated carbocycles. The zero-order valence-electron chi connectivity index (χ0n) is 11.7. The van der Waals surface area contributed by atoms with Gasteiger partial charge in [0.15, 0.2) is 0 Å². The molecule has 102 valence electrons. The molecule has 2 nitrogen and oxygen atoms in total. The molecule has 0 spiro atoms. The Hall–Kier alpha value is -2.39. The number of hydrogen-bond acceptors (Lipinski definition) is 2. The van der Waals surface area contributed by atoms with E-state index in [1.54, 1.807) is 11.3 Å². The zero-order chi connectivity index (χ0) is 14.2. The highest BCUT2D eigenvalue weighted by Gasteiger charge is 2.07. The van der Waals surface area contributed by atoms with Gasteiger partial charge in [-0.25, -0.2) is 0 Å². The van der Waals surface area contributed by atoms with Crippen LogP contribution in [0.3, 0.4) is 0 Å². The monoisotopic (exact) mass is 290 g/mol. The second-order valence-corrected chi connectivity index (χ2v) is 5.91. The Morgan fingerprint density at radius 2 is 2.00 bits per heavy atom. The predicted octanol–water partition coefficient (Wildman–Crippen LogP) is 5.06. The van der Waals surface area contributed by atoms with Crippen molar-refractivity contribution in [2.75, 3.05) is 0 Å². The summed E-state index contributed by atoms with van der Waals surface area (Å²) in [5.41, 5.74) is 6.13. The van der Waals surface area contributed by atoms with Crippen LogP contribution in [0, 0.1) is 6.92 Å². The first-order chi connectivity index (χ1) is 10.3. The normalized spacial score (nSPS) is 11.1. The van der Waals surface area contributed by atoms with Crippen LogP contribution >= 0.6 is 11.3 Å². The molecule has 0 aliphatic rings. The molecule has 0 radical (unpaired) electrons. The highest BCUT2D eigenvalue weighted by Crippen LogP contribution is 2.28. The molecule has 0 amide bonds. The van der Waals surface area contributed by atoms with Crippen molar-refractivity contribution in [1.29, 1.82) is 0 Å². The number of fused-ring (bicyclic) bond motifs is 1. The number of benzene rings is 1. The quantitative estimate of drug-likeness (QED) is 0.504. The maximum atomic E-state index is 4.25. The SMILES string of the molecule is Cc1ccncc1-n1ccc2cc(-c3ccsc3)ccc21. The van der Waals surface area contributed by atoms with Crippen molar-refractivity contribution in [2.45, 2.75) is 6.92 Å². The second-order valence-electron chi connectivity index (χ2n) is 5.13. The maximum absolute atomic E-state index is 4.25. The van der Waals surface area contributed by atoms with Crippen molar-refractivity contribution in [3.8, 4) is 16.8 Å². The molecule has 0 atom stereocenters. The van der Waals surface area contributed by atoms with Gasteiger partial charge in [0.2, 0.25) is 0 Å². The van der Waals surface area contributed by atoms with Crippen LogP contribution in [0.2, 0.25) is 0 Å². The molecule has 0 fully saturated rings. The van der Waals surface area contributed by atoms with Crippen LogP contribution in [0.25, 0.3) is 27.7 Å². The van der Waals surface area contributed by atoms with Crippen LogP contribution in [0.1, 0.15) is 5.56 Å². The fraction of sp³-hybridized carbons (Fsp3) is 0.0556. The van der Waals surface area contributed by atoms with E-state index >= 15 is 0 Å². The third kappa shape index (κ3) is 2.06. The number of pyridine rings is 1. The van der Waals surface area contributed by atoms with Crippen LogP contribution in [0.5, 0.6) is 0 Å². The molecule has 3 aromatic heterocycles. The number of thiophene rings is 1. The summed E-state index contributed by atoms with van der Waals surface area (Å²) in [6, 6.07) is 13.0. The van der Waals surface area contributed by atoms with Crippen molar-refractivity contribution < 1.29 is 0 Å². The van der Waals surface area contributed by atoms with Gasteiger partial charge in [-0.2, -0.15) is 11.3 Å². The van der Waals surface area contributed by atoms with Crippen LogP contribution in [-0.4, -0.2) is 9.55 Å². The predicted molar refractivity (Wildman–Crippen MR) is 89.1 cm³/mol. The topological polar surface area (TPSA) is 17.8 Å². The molecular weight excluding hydrogens is 276 g/mol. The molecule has 0 bridgehead atoms. The maximum Gasteiger partial charge on any atom is 0.0668 e. The third-order valence-corrected chi connectivity index (χ3v) is 4.50. The molecule has 1 aromatic carbocycles. The van der Waals surface area contributed by atoms with Crippen molar-refractivity contribution in [3.05, 3.63) is 71.3 Å². The largest absolute Gasteiger partial charge is 0.315 e. The lowest BCUT2D eigenvalue weighted by Gasteiger charge is -2.08. The summed E-state index contributed by atoms with van der Waals surface area (Å²) in [5.74, 6) is 0. The van der Waals surface area contributed by atoms with Crippen LogP contribution in [-0.2, 0) is 0 Å². The summed E-state index contributed by atoms with van der Waals surface area (Å²) in [6.45, 7) is 2.11. The van der Waals surface area contributed by atoms with Gasteiger partial charge in [0.1, 0.15) is 0 Å². The molecule has 0 aliphatic heterocycles. The molecule has 3 heterocycles. The van der Waals surface area contributed by atoms with Gasteiger partial charge in [0.25, 0.3) is 0 Å². The first-order valence-corrected chi connectivity index (χ1v) is 7.82. The number of rotatable bonds is 2. The van der Waals surface area contributed by atoms with Gasteiger partial charge in [-0.05, 0) is 64.7 Å². The van der Waals surface area contributed by atoms with Gasteiger partial charge in [-0.15, -0.1) is 0 Å². The minimum atomic E-state index is 1.13. The van der Waals surface area contributed by atoms with E-state index in [0.29, 0.717) is 0 Å². The molecule has 3 heteroatoms. The van der Waals surface area contributed by atoms with Gasteiger partial charge in [-0.3, -0.25) is 4.98 Å². The van der Waals surface area contributed by atoms with Crippen LogP contribution < -0.4 is 0 Å². The number of nitrogens with zero attached hydrogens (tertiary/aromatic N) is 2. The Morgan fingerprint density at radius 3 is 2.81 bits per heavy atom. The summed E-state index contributed by atoms with van der Waals surface area (Å²) in [4.78, 5) is 4.25. The van der Waals surface area contributed by atoms with E-state index in [0.717, 1.165) is 5.69 Å². The van der Waals surface area contributed by atoms with Gasteiger partial charge in [0.05, 0.1) is 17.4 Å². The van der Waals surface area contributed by atoms with E-state index in [-0.39, 0.29) is 0 Å². The molecule has 21 heavy (non-hydrogen) atoms. The lowest BCUT2D eigenvalue weighted by Crippen LogP contribution is -1.95. The fourth-order valence-electron chi connectivity index (χ4n) is 2.67. The average Bonchev–Trinajstić information content (AvgIpc) is 3.17. The molecule has 0 N–H and O–H groups in total. The Labute approximate surface area is 127 Å². The molecule has 4 rings (SSSR count). The number of aromatic nitrogens is 2. The highest BCUT2D eigenvalue weighted by atomic mass is 32.1. The fourth-order valence-corrected chi connectivity index (χ4v) is 3.33. The van der Waals surface area contributed by atoms with E-state index in [9.17, 15) is 0 Å². The summed E-state index contributed by atoms with van der Waals surface area (Å²) < 4.78 is 2.20. The van der Waals surface area contributed by atoms with Crippen LogP contribution in [0.4, 0.5) is 0 Å². The number of hydrogen-bond donors (Lipinski definition) is 0. The molecule has 0 aliphatic carbocycles. The Bertz CT molecular complexity index is 904. The van der Waals surface area contributed by atoms with E-state index in [1.807, 2.05) is 18.5 Å². The first kappa shape index (κ1) is 12.4. The van der Waals surface area contributed by atoms with E-state index in [4.69, 9.17) is 0 Å². The lowest BCUT2D eigenvalue weighted by molar-refractivity contribution is 1.07. The standard InChI is InChI=1S/C18H14N2S/c1-13-4-7-19-11-18(13)20-8-5-15-10-14(2-3-17(15)20)16-6-9-21-12-16/h2-12H,1H3. The smallest absolute Gasteiger partial charge is 0.0668 e. The first-order valence-electron chi connectivity index (χ1n) is 6.87. The minimum absolute atomic E-state index is 1.13. The molecule has 4 aromatic rings. The molecule has 0 unspecified atom stereocenters. The van der Waals surface area contributed by atoms with Gasteiger partial charge in [-0.1, -0.05) is 6.07 Å². The van der Waals surface area contributed by atoms with E-state index < -0.39 is 0 Å². The molecular formula is C18H14N2S. The summed E-state index contributed by atoms with van der Waals surface area (Å²) in [7, 11) is 0. The van der Waals surface area contributed by atoms with E-state index in [2.05, 4.69) is 63.8 Å².